The van der Waals surface area contributed by atoms with E-state index in [2.05, 4.69) is 29.4 Å². The predicted octanol–water partition coefficient (Wildman–Crippen LogP) is 3.86. The van der Waals surface area contributed by atoms with Crippen LogP contribution in [0.15, 0.2) is 33.5 Å². The first kappa shape index (κ1) is 19.9. The molecule has 1 atom stereocenters. The molecule has 0 radical (unpaired) electrons. The molecule has 2 rings (SSSR count). The summed E-state index contributed by atoms with van der Waals surface area (Å²) in [4.78, 5) is 12.6. The van der Waals surface area contributed by atoms with Crippen molar-refractivity contribution in [3.63, 3.8) is 0 Å². The molecule has 25 heavy (non-hydrogen) atoms. The van der Waals surface area contributed by atoms with E-state index in [1.807, 2.05) is 0 Å². The van der Waals surface area contributed by atoms with Gasteiger partial charge in [0.15, 0.2) is 14.2 Å². The molecule has 0 fully saturated rings. The van der Waals surface area contributed by atoms with Crippen molar-refractivity contribution in [2.24, 2.45) is 0 Å². The fourth-order valence-corrected chi connectivity index (χ4v) is 5.56. The van der Waals surface area contributed by atoms with E-state index >= 15 is 0 Å². The number of anilines is 1. The number of carbonyl (C=O) groups is 1. The van der Waals surface area contributed by atoms with Crippen molar-refractivity contribution in [2.75, 3.05) is 11.1 Å². The van der Waals surface area contributed by atoms with Crippen molar-refractivity contribution >= 4 is 44.0 Å². The molecule has 0 aliphatic carbocycles. The van der Waals surface area contributed by atoms with Crippen LogP contribution >= 0.6 is 23.1 Å². The van der Waals surface area contributed by atoms with Gasteiger partial charge in [0.25, 0.3) is 5.91 Å². The van der Waals surface area contributed by atoms with E-state index in [4.69, 9.17) is 0 Å². The number of hydrogen-bond donors (Lipinski definition) is 1. The largest absolute Gasteiger partial charge is 0.296 e. The Morgan fingerprint density at radius 3 is 2.68 bits per heavy atom. The van der Waals surface area contributed by atoms with E-state index in [1.54, 1.807) is 30.8 Å². The van der Waals surface area contributed by atoms with Gasteiger partial charge in [-0.15, -0.1) is 10.2 Å². The van der Waals surface area contributed by atoms with Crippen molar-refractivity contribution in [3.05, 3.63) is 29.8 Å². The number of sulfone groups is 1. The molecule has 0 saturated carbocycles. The number of benzene rings is 1. The number of nitrogens with zero attached hydrogens (tertiary/aromatic N) is 2. The molecular weight excluding hydrogens is 378 g/mol. The number of thioether (sulfide) groups is 1. The van der Waals surface area contributed by atoms with Gasteiger partial charge in [-0.25, -0.2) is 8.42 Å². The van der Waals surface area contributed by atoms with E-state index in [1.165, 1.54) is 23.5 Å². The molecule has 0 aliphatic heterocycles. The quantitative estimate of drug-likeness (QED) is 0.535. The zero-order valence-electron chi connectivity index (χ0n) is 14.4. The molecule has 2 aromatic rings. The Balaban J connectivity index is 2.20. The van der Waals surface area contributed by atoms with Crippen LogP contribution in [0.4, 0.5) is 5.13 Å². The van der Waals surface area contributed by atoms with E-state index in [0.717, 1.165) is 10.8 Å². The maximum absolute atomic E-state index is 12.5. The molecule has 0 spiro atoms. The molecule has 6 nitrogen and oxygen atoms in total. The highest BCUT2D eigenvalue weighted by atomic mass is 32.2. The van der Waals surface area contributed by atoms with Crippen molar-refractivity contribution in [1.29, 1.82) is 0 Å². The van der Waals surface area contributed by atoms with Crippen molar-refractivity contribution in [2.45, 2.75) is 48.1 Å². The number of amides is 1. The summed E-state index contributed by atoms with van der Waals surface area (Å²) >= 11 is 2.88. The van der Waals surface area contributed by atoms with Crippen molar-refractivity contribution < 1.29 is 13.2 Å². The summed E-state index contributed by atoms with van der Waals surface area (Å²) in [5, 5.41) is 11.4. The van der Waals surface area contributed by atoms with E-state index < -0.39 is 15.7 Å². The third-order valence-electron chi connectivity index (χ3n) is 3.44. The normalized spacial score (nSPS) is 12.8. The van der Waals surface area contributed by atoms with E-state index in [-0.39, 0.29) is 16.2 Å². The van der Waals surface area contributed by atoms with Gasteiger partial charge in [0.05, 0.1) is 16.2 Å². The van der Waals surface area contributed by atoms with Crippen LogP contribution in [0.1, 0.15) is 44.0 Å². The van der Waals surface area contributed by atoms with E-state index in [9.17, 15) is 13.2 Å². The summed E-state index contributed by atoms with van der Waals surface area (Å²) in [6, 6.07) is 6.23. The van der Waals surface area contributed by atoms with Gasteiger partial charge in [-0.1, -0.05) is 56.0 Å². The minimum Gasteiger partial charge on any atom is -0.296 e. The predicted molar refractivity (Wildman–Crippen MR) is 102 cm³/mol. The molecule has 1 heterocycles. The number of nitrogens with one attached hydrogen (secondary N) is 1. The second kappa shape index (κ2) is 8.77. The maximum Gasteiger partial charge on any atom is 0.258 e. The Morgan fingerprint density at radius 1 is 1.28 bits per heavy atom. The standard InChI is InChI=1S/C16H21N3O3S3/c1-4-10-25(21,22)13-9-7-6-8-12(13)14(20)17-15-18-19-16(24-15)23-11(3)5-2/h6-9,11H,4-5,10H2,1-3H3,(H,17,18,20). The first-order chi connectivity index (χ1) is 11.9. The van der Waals surface area contributed by atoms with Gasteiger partial charge in [0.1, 0.15) is 0 Å². The van der Waals surface area contributed by atoms with Gasteiger partial charge in [0.2, 0.25) is 5.13 Å². The Labute approximate surface area is 156 Å². The SMILES string of the molecule is CCCS(=O)(=O)c1ccccc1C(=O)Nc1nnc(SC(C)CC)s1. The summed E-state index contributed by atoms with van der Waals surface area (Å²) in [5.74, 6) is -0.488. The lowest BCUT2D eigenvalue weighted by atomic mass is 10.2. The summed E-state index contributed by atoms with van der Waals surface area (Å²) in [5.41, 5.74) is 0.127. The lowest BCUT2D eigenvalue weighted by Crippen LogP contribution is -2.17. The average Bonchev–Trinajstić information content (AvgIpc) is 3.01. The number of carbonyl (C=O) groups excluding carboxylic acids is 1. The van der Waals surface area contributed by atoms with Crippen molar-refractivity contribution in [1.82, 2.24) is 10.2 Å². The van der Waals surface area contributed by atoms with Crippen LogP contribution in [0.25, 0.3) is 0 Å². The van der Waals surface area contributed by atoms with Gasteiger partial charge >= 0.3 is 0 Å². The Kier molecular flexibility index (Phi) is 6.97. The highest BCUT2D eigenvalue weighted by Crippen LogP contribution is 2.30. The van der Waals surface area contributed by atoms with Crippen LogP contribution in [0.3, 0.4) is 0 Å². The lowest BCUT2D eigenvalue weighted by Gasteiger charge is -2.09. The van der Waals surface area contributed by atoms with Crippen LogP contribution in [-0.2, 0) is 9.84 Å². The highest BCUT2D eigenvalue weighted by Gasteiger charge is 2.22. The summed E-state index contributed by atoms with van der Waals surface area (Å²) in [6.07, 6.45) is 1.50. The molecule has 1 aromatic carbocycles. The molecule has 9 heteroatoms. The second-order valence-corrected chi connectivity index (χ2v) is 10.2. The Bertz CT molecular complexity index is 834. The first-order valence-electron chi connectivity index (χ1n) is 8.00. The Hall–Kier alpha value is -1.45. The number of hydrogen-bond acceptors (Lipinski definition) is 7. The lowest BCUT2D eigenvalue weighted by molar-refractivity contribution is 0.102. The molecule has 1 unspecified atom stereocenters. The zero-order chi connectivity index (χ0) is 18.4. The van der Waals surface area contributed by atoms with Crippen LogP contribution in [0.2, 0.25) is 0 Å². The smallest absolute Gasteiger partial charge is 0.258 e. The molecular formula is C16H21N3O3S3. The monoisotopic (exact) mass is 399 g/mol. The van der Waals surface area contributed by atoms with Crippen LogP contribution in [0, 0.1) is 0 Å². The van der Waals surface area contributed by atoms with Crippen LogP contribution in [0.5, 0.6) is 0 Å². The highest BCUT2D eigenvalue weighted by molar-refractivity contribution is 8.01. The van der Waals surface area contributed by atoms with Crippen molar-refractivity contribution in [3.8, 4) is 0 Å². The molecule has 0 aliphatic rings. The van der Waals surface area contributed by atoms with Gasteiger partial charge in [-0.3, -0.25) is 10.1 Å². The molecule has 0 saturated heterocycles. The second-order valence-electron chi connectivity index (χ2n) is 5.48. The third kappa shape index (κ3) is 5.26. The number of aromatic nitrogens is 2. The minimum atomic E-state index is -3.49. The molecule has 1 amide bonds. The summed E-state index contributed by atoms with van der Waals surface area (Å²) in [6.45, 7) is 5.98. The van der Waals surface area contributed by atoms with Gasteiger partial charge in [0, 0.05) is 5.25 Å². The minimum absolute atomic E-state index is 0.00575. The van der Waals surface area contributed by atoms with Gasteiger partial charge in [-0.05, 0) is 25.0 Å². The number of rotatable bonds is 8. The first-order valence-corrected chi connectivity index (χ1v) is 11.4. The van der Waals surface area contributed by atoms with Gasteiger partial charge < -0.3 is 0 Å². The summed E-state index contributed by atoms with van der Waals surface area (Å²) < 4.78 is 25.5. The average molecular weight is 400 g/mol. The molecule has 1 aromatic heterocycles. The van der Waals surface area contributed by atoms with Gasteiger partial charge in [-0.2, -0.15) is 0 Å². The third-order valence-corrected chi connectivity index (χ3v) is 7.61. The van der Waals surface area contributed by atoms with Crippen LogP contribution < -0.4 is 5.32 Å². The summed E-state index contributed by atoms with van der Waals surface area (Å²) in [7, 11) is -3.49. The fraction of sp³-hybridized carbons (Fsp3) is 0.438. The zero-order valence-corrected chi connectivity index (χ0v) is 16.8. The van der Waals surface area contributed by atoms with E-state index in [0.29, 0.717) is 16.8 Å². The Morgan fingerprint density at radius 2 is 2.00 bits per heavy atom. The topological polar surface area (TPSA) is 89.0 Å². The molecule has 0 bridgehead atoms. The fourth-order valence-electron chi connectivity index (χ4n) is 2.03. The van der Waals surface area contributed by atoms with Crippen LogP contribution in [-0.4, -0.2) is 35.5 Å². The molecule has 136 valence electrons. The molecule has 1 N–H and O–H groups in total. The maximum atomic E-state index is 12.5.